The van der Waals surface area contributed by atoms with Crippen LogP contribution in [0.3, 0.4) is 0 Å². The van der Waals surface area contributed by atoms with E-state index in [1.54, 1.807) is 0 Å². The van der Waals surface area contributed by atoms with Gasteiger partial charge < -0.3 is 5.73 Å². The molecule has 10 heavy (non-hydrogen) atoms. The van der Waals surface area contributed by atoms with Gasteiger partial charge in [-0.05, 0) is 0 Å². The molecule has 0 saturated carbocycles. The van der Waals surface area contributed by atoms with Crippen molar-refractivity contribution >= 4 is 16.5 Å². The summed E-state index contributed by atoms with van der Waals surface area (Å²) in [4.78, 5) is 0. The summed E-state index contributed by atoms with van der Waals surface area (Å²) < 4.78 is 23.3. The highest BCUT2D eigenvalue weighted by Crippen LogP contribution is 2.14. The van der Waals surface area contributed by atoms with Crippen molar-refractivity contribution in [2.45, 2.75) is 12.8 Å². The largest absolute Gasteiger partial charge is 0.374 e. The third-order valence-electron chi connectivity index (χ3n) is 0.811. The molecule has 0 aliphatic rings. The first-order valence-electron chi connectivity index (χ1n) is 2.54. The molecule has 3 nitrogen and oxygen atoms in total. The summed E-state index contributed by atoms with van der Waals surface area (Å²) in [5, 5.41) is 7.32. The highest BCUT2D eigenvalue weighted by Gasteiger charge is 2.08. The van der Waals surface area contributed by atoms with E-state index in [1.807, 2.05) is 0 Å². The SMILES string of the molecule is Nc1nnc(CC(F)F)s1. The molecular weight excluding hydrogens is 160 g/mol. The Morgan fingerprint density at radius 2 is 2.20 bits per heavy atom. The Hall–Kier alpha value is -0.780. The van der Waals surface area contributed by atoms with E-state index in [-0.39, 0.29) is 16.6 Å². The minimum absolute atomic E-state index is 0.232. The Morgan fingerprint density at radius 1 is 1.50 bits per heavy atom. The molecule has 0 saturated heterocycles. The fraction of sp³-hybridized carbons (Fsp3) is 0.500. The fourth-order valence-corrected chi connectivity index (χ4v) is 1.10. The molecule has 2 N–H and O–H groups in total. The van der Waals surface area contributed by atoms with Crippen LogP contribution in [-0.2, 0) is 6.42 Å². The van der Waals surface area contributed by atoms with Crippen LogP contribution in [0.5, 0.6) is 0 Å². The van der Waals surface area contributed by atoms with Crippen LogP contribution in [0.1, 0.15) is 5.01 Å². The number of hydrogen-bond acceptors (Lipinski definition) is 4. The van der Waals surface area contributed by atoms with Crippen molar-refractivity contribution < 1.29 is 8.78 Å². The molecule has 1 rings (SSSR count). The van der Waals surface area contributed by atoms with E-state index in [2.05, 4.69) is 10.2 Å². The van der Waals surface area contributed by atoms with Gasteiger partial charge in [-0.1, -0.05) is 11.3 Å². The molecular formula is C4H5F2N3S. The van der Waals surface area contributed by atoms with Crippen LogP contribution in [0, 0.1) is 0 Å². The molecule has 1 aromatic rings. The number of nitrogen functional groups attached to an aromatic ring is 1. The topological polar surface area (TPSA) is 51.8 Å². The van der Waals surface area contributed by atoms with Crippen molar-refractivity contribution in [1.82, 2.24) is 10.2 Å². The molecule has 0 amide bonds. The van der Waals surface area contributed by atoms with E-state index in [4.69, 9.17) is 5.73 Å². The van der Waals surface area contributed by atoms with Gasteiger partial charge in [0.05, 0.1) is 6.42 Å². The van der Waals surface area contributed by atoms with Crippen LogP contribution in [0.25, 0.3) is 0 Å². The summed E-state index contributed by atoms with van der Waals surface area (Å²) in [5.41, 5.74) is 5.15. The first-order chi connectivity index (χ1) is 4.68. The summed E-state index contributed by atoms with van der Waals surface area (Å²) in [6.45, 7) is 0. The predicted molar refractivity (Wildman–Crippen MR) is 34.0 cm³/mol. The summed E-state index contributed by atoms with van der Waals surface area (Å²) >= 11 is 0.992. The van der Waals surface area contributed by atoms with Crippen LogP contribution >= 0.6 is 11.3 Å². The molecule has 1 aromatic heterocycles. The minimum atomic E-state index is -2.37. The number of aromatic nitrogens is 2. The van der Waals surface area contributed by atoms with E-state index in [0.29, 0.717) is 0 Å². The molecule has 0 unspecified atom stereocenters. The first-order valence-corrected chi connectivity index (χ1v) is 3.36. The van der Waals surface area contributed by atoms with E-state index in [9.17, 15) is 8.78 Å². The predicted octanol–water partition coefficient (Wildman–Crippen LogP) is 0.928. The average Bonchev–Trinajstić information content (AvgIpc) is 2.13. The van der Waals surface area contributed by atoms with Crippen LogP contribution in [0.15, 0.2) is 0 Å². The molecule has 6 heteroatoms. The van der Waals surface area contributed by atoms with Gasteiger partial charge in [0.2, 0.25) is 11.6 Å². The monoisotopic (exact) mass is 165 g/mol. The van der Waals surface area contributed by atoms with Gasteiger partial charge in [-0.2, -0.15) is 0 Å². The van der Waals surface area contributed by atoms with Crippen LogP contribution in [0.2, 0.25) is 0 Å². The maximum absolute atomic E-state index is 11.6. The summed E-state index contributed by atoms with van der Waals surface area (Å²) in [6.07, 6.45) is -2.72. The van der Waals surface area contributed by atoms with Gasteiger partial charge in [0.15, 0.2) is 0 Å². The Morgan fingerprint density at radius 3 is 2.60 bits per heavy atom. The van der Waals surface area contributed by atoms with Gasteiger partial charge in [0.1, 0.15) is 5.01 Å². The molecule has 0 spiro atoms. The highest BCUT2D eigenvalue weighted by atomic mass is 32.1. The number of nitrogens with two attached hydrogens (primary N) is 1. The highest BCUT2D eigenvalue weighted by molar-refractivity contribution is 7.15. The molecule has 56 valence electrons. The maximum atomic E-state index is 11.6. The lowest BCUT2D eigenvalue weighted by molar-refractivity contribution is 0.149. The fourth-order valence-electron chi connectivity index (χ4n) is 0.481. The van der Waals surface area contributed by atoms with Gasteiger partial charge >= 0.3 is 0 Å². The number of halogens is 2. The van der Waals surface area contributed by atoms with E-state index < -0.39 is 6.43 Å². The van der Waals surface area contributed by atoms with Crippen molar-refractivity contribution in [3.63, 3.8) is 0 Å². The third-order valence-corrected chi connectivity index (χ3v) is 1.59. The Balaban J connectivity index is 2.58. The number of rotatable bonds is 2. The van der Waals surface area contributed by atoms with Gasteiger partial charge in [-0.3, -0.25) is 0 Å². The number of alkyl halides is 2. The summed E-state index contributed by atoms with van der Waals surface area (Å²) in [6, 6.07) is 0. The lowest BCUT2D eigenvalue weighted by Gasteiger charge is -1.89. The lowest BCUT2D eigenvalue weighted by atomic mass is 10.5. The number of hydrogen-bond donors (Lipinski definition) is 1. The minimum Gasteiger partial charge on any atom is -0.374 e. The number of nitrogens with zero attached hydrogens (tertiary/aromatic N) is 2. The van der Waals surface area contributed by atoms with Crippen molar-refractivity contribution in [3.05, 3.63) is 5.01 Å². The molecule has 0 radical (unpaired) electrons. The lowest BCUT2D eigenvalue weighted by Crippen LogP contribution is -1.95. The van der Waals surface area contributed by atoms with E-state index in [1.165, 1.54) is 0 Å². The van der Waals surface area contributed by atoms with Crippen LogP contribution in [-0.4, -0.2) is 16.6 Å². The van der Waals surface area contributed by atoms with Gasteiger partial charge in [-0.25, -0.2) is 8.78 Å². The second-order valence-electron chi connectivity index (χ2n) is 1.63. The zero-order chi connectivity index (χ0) is 7.56. The molecule has 0 fully saturated rings. The normalized spacial score (nSPS) is 10.7. The van der Waals surface area contributed by atoms with Crippen LogP contribution in [0.4, 0.5) is 13.9 Å². The van der Waals surface area contributed by atoms with Crippen molar-refractivity contribution in [1.29, 1.82) is 0 Å². The average molecular weight is 165 g/mol. The zero-order valence-corrected chi connectivity index (χ0v) is 5.74. The standard InChI is InChI=1S/C4H5F2N3S/c5-2(6)1-3-8-9-4(7)10-3/h2H,1H2,(H2,7,9). The van der Waals surface area contributed by atoms with E-state index in [0.717, 1.165) is 11.3 Å². The molecule has 0 aromatic carbocycles. The smallest absolute Gasteiger partial charge is 0.245 e. The quantitative estimate of drug-likeness (QED) is 0.709. The van der Waals surface area contributed by atoms with Crippen molar-refractivity contribution in [2.75, 3.05) is 5.73 Å². The molecule has 0 atom stereocenters. The second kappa shape index (κ2) is 2.87. The van der Waals surface area contributed by atoms with Crippen molar-refractivity contribution in [2.24, 2.45) is 0 Å². The Labute approximate surface area is 59.9 Å². The zero-order valence-electron chi connectivity index (χ0n) is 4.92. The molecule has 0 bridgehead atoms. The van der Waals surface area contributed by atoms with Crippen LogP contribution < -0.4 is 5.73 Å². The summed E-state index contributed by atoms with van der Waals surface area (Å²) in [7, 11) is 0. The Kier molecular flexibility index (Phi) is 2.10. The molecule has 0 aliphatic heterocycles. The van der Waals surface area contributed by atoms with Crippen molar-refractivity contribution in [3.8, 4) is 0 Å². The third kappa shape index (κ3) is 1.87. The van der Waals surface area contributed by atoms with Gasteiger partial charge in [-0.15, -0.1) is 10.2 Å². The molecule has 1 heterocycles. The number of anilines is 1. The first kappa shape index (κ1) is 7.33. The molecule has 0 aliphatic carbocycles. The summed E-state index contributed by atoms with van der Waals surface area (Å²) in [5.74, 6) is 0. The van der Waals surface area contributed by atoms with Gasteiger partial charge in [0.25, 0.3) is 0 Å². The maximum Gasteiger partial charge on any atom is 0.245 e. The second-order valence-corrected chi connectivity index (χ2v) is 2.72. The van der Waals surface area contributed by atoms with Gasteiger partial charge in [0, 0.05) is 0 Å². The van der Waals surface area contributed by atoms with E-state index >= 15 is 0 Å². The Bertz CT molecular complexity index is 212.